The minimum atomic E-state index is -3.25. The minimum Gasteiger partial charge on any atom is -0.478 e. The molecule has 1 aromatic rings. The number of nitrogens with zero attached hydrogens (tertiary/aromatic N) is 3. The monoisotopic (exact) mass is 535 g/mol. The van der Waals surface area contributed by atoms with Crippen LogP contribution in [-0.4, -0.2) is 103 Å². The third-order valence-corrected chi connectivity index (χ3v) is 9.36. The van der Waals surface area contributed by atoms with Crippen LogP contribution >= 0.6 is 0 Å². The molecule has 4 N–H and O–H groups in total. The van der Waals surface area contributed by atoms with Gasteiger partial charge in [-0.15, -0.1) is 0 Å². The van der Waals surface area contributed by atoms with E-state index in [9.17, 15) is 22.8 Å². The smallest absolute Gasteiger partial charge is 0.335 e. The number of amides is 2. The Hall–Kier alpha value is -2.54. The van der Waals surface area contributed by atoms with Crippen molar-refractivity contribution >= 4 is 33.5 Å². The molecule has 0 radical (unpaired) electrons. The van der Waals surface area contributed by atoms with Gasteiger partial charge in [-0.3, -0.25) is 14.5 Å². The van der Waals surface area contributed by atoms with Crippen LogP contribution in [0.3, 0.4) is 0 Å². The molecule has 1 saturated carbocycles. The normalized spacial score (nSPS) is 27.7. The van der Waals surface area contributed by atoms with Crippen LogP contribution in [0.2, 0.25) is 0 Å². The van der Waals surface area contributed by atoms with Crippen molar-refractivity contribution in [1.29, 1.82) is 0 Å². The SMILES string of the molecule is CS(=O)(=O)N1CCN([C@H]2C[C@@H](C(=O)Nc3ccc(C(=O)O)cc3)N(C(=O)[C@H]3CC[C@H](CN)CC3)C2)CC1. The largest absolute Gasteiger partial charge is 0.478 e. The lowest BCUT2D eigenvalue weighted by Gasteiger charge is -2.37. The molecule has 3 aliphatic rings. The fourth-order valence-electron chi connectivity index (χ4n) is 5.77. The Labute approximate surface area is 218 Å². The minimum absolute atomic E-state index is 0.00545. The van der Waals surface area contributed by atoms with Crippen molar-refractivity contribution in [3.05, 3.63) is 29.8 Å². The predicted molar refractivity (Wildman–Crippen MR) is 138 cm³/mol. The Morgan fingerprint density at radius 2 is 1.65 bits per heavy atom. The highest BCUT2D eigenvalue weighted by Crippen LogP contribution is 2.33. The van der Waals surface area contributed by atoms with Gasteiger partial charge in [0.25, 0.3) is 0 Å². The Morgan fingerprint density at radius 3 is 2.19 bits per heavy atom. The average molecular weight is 536 g/mol. The van der Waals surface area contributed by atoms with Crippen molar-refractivity contribution in [3.63, 3.8) is 0 Å². The lowest BCUT2D eigenvalue weighted by Crippen LogP contribution is -2.52. The van der Waals surface area contributed by atoms with E-state index in [-0.39, 0.29) is 29.3 Å². The molecule has 0 spiro atoms. The molecule has 3 fully saturated rings. The summed E-state index contributed by atoms with van der Waals surface area (Å²) in [6.07, 6.45) is 5.01. The van der Waals surface area contributed by atoms with E-state index in [0.717, 1.165) is 25.7 Å². The number of rotatable bonds is 7. The number of piperazine rings is 1. The van der Waals surface area contributed by atoms with Crippen LogP contribution in [0.5, 0.6) is 0 Å². The predicted octanol–water partition coefficient (Wildman–Crippen LogP) is 0.635. The van der Waals surface area contributed by atoms with E-state index < -0.39 is 22.0 Å². The molecule has 2 saturated heterocycles. The number of anilines is 1. The van der Waals surface area contributed by atoms with Gasteiger partial charge in [0.05, 0.1) is 11.8 Å². The molecule has 37 heavy (non-hydrogen) atoms. The van der Waals surface area contributed by atoms with Crippen molar-refractivity contribution in [1.82, 2.24) is 14.1 Å². The summed E-state index contributed by atoms with van der Waals surface area (Å²) in [4.78, 5) is 42.1. The highest BCUT2D eigenvalue weighted by atomic mass is 32.2. The average Bonchev–Trinajstić information content (AvgIpc) is 3.34. The number of carbonyl (C=O) groups excluding carboxylic acids is 2. The van der Waals surface area contributed by atoms with Gasteiger partial charge in [0, 0.05) is 50.4 Å². The number of aromatic carboxylic acids is 1. The second-order valence-electron chi connectivity index (χ2n) is 10.4. The van der Waals surface area contributed by atoms with Crippen LogP contribution in [-0.2, 0) is 19.6 Å². The fraction of sp³-hybridized carbons (Fsp3) is 0.640. The third kappa shape index (κ3) is 6.49. The summed E-state index contributed by atoms with van der Waals surface area (Å²) in [5.74, 6) is -1.05. The maximum Gasteiger partial charge on any atom is 0.335 e. The molecule has 2 heterocycles. The van der Waals surface area contributed by atoms with Gasteiger partial charge >= 0.3 is 5.97 Å². The molecule has 11 nitrogen and oxygen atoms in total. The van der Waals surface area contributed by atoms with Gasteiger partial charge in [-0.2, -0.15) is 4.31 Å². The molecule has 0 bridgehead atoms. The number of hydrogen-bond donors (Lipinski definition) is 3. The maximum atomic E-state index is 13.6. The summed E-state index contributed by atoms with van der Waals surface area (Å²) in [6.45, 7) is 2.92. The van der Waals surface area contributed by atoms with E-state index in [2.05, 4.69) is 10.2 Å². The van der Waals surface area contributed by atoms with Gasteiger partial charge in [-0.1, -0.05) is 0 Å². The summed E-state index contributed by atoms with van der Waals surface area (Å²) in [5.41, 5.74) is 6.41. The summed E-state index contributed by atoms with van der Waals surface area (Å²) in [5, 5.41) is 12.0. The van der Waals surface area contributed by atoms with E-state index in [4.69, 9.17) is 10.8 Å². The Bertz CT molecular complexity index is 1100. The topological polar surface area (TPSA) is 153 Å². The summed E-state index contributed by atoms with van der Waals surface area (Å²) < 4.78 is 25.3. The van der Waals surface area contributed by atoms with Crippen molar-refractivity contribution in [3.8, 4) is 0 Å². The summed E-state index contributed by atoms with van der Waals surface area (Å²) >= 11 is 0. The zero-order valence-corrected chi connectivity index (χ0v) is 22.0. The quantitative estimate of drug-likeness (QED) is 0.460. The maximum absolute atomic E-state index is 13.6. The van der Waals surface area contributed by atoms with Crippen molar-refractivity contribution in [2.45, 2.75) is 44.2 Å². The number of sulfonamides is 1. The van der Waals surface area contributed by atoms with Gasteiger partial charge < -0.3 is 21.1 Å². The molecule has 1 aliphatic carbocycles. The standard InChI is InChI=1S/C25H37N5O6S/c1-37(35,36)29-12-10-28(11-13-29)21-14-22(23(31)27-20-8-6-19(7-9-20)25(33)34)30(16-21)24(32)18-4-2-17(15-26)3-5-18/h6-9,17-18,21-22H,2-5,10-16,26H2,1H3,(H,27,31)(H,33,34)/t17-,18-,21-,22-/m0/s1. The number of nitrogens with one attached hydrogen (secondary N) is 1. The second-order valence-corrected chi connectivity index (χ2v) is 12.4. The van der Waals surface area contributed by atoms with E-state index in [1.165, 1.54) is 22.7 Å². The lowest BCUT2D eigenvalue weighted by molar-refractivity contribution is -0.141. The number of carboxylic acid groups (broad SMARTS) is 1. The van der Waals surface area contributed by atoms with Crippen LogP contribution in [0.15, 0.2) is 24.3 Å². The molecule has 4 rings (SSSR count). The molecule has 0 unspecified atom stereocenters. The number of carbonyl (C=O) groups is 3. The molecule has 2 amide bonds. The van der Waals surface area contributed by atoms with Crippen LogP contribution in [0, 0.1) is 11.8 Å². The molecule has 2 atom stereocenters. The van der Waals surface area contributed by atoms with E-state index in [0.29, 0.717) is 57.3 Å². The first-order chi connectivity index (χ1) is 17.6. The van der Waals surface area contributed by atoms with Gasteiger partial charge in [-0.25, -0.2) is 13.2 Å². The lowest BCUT2D eigenvalue weighted by atomic mass is 9.81. The van der Waals surface area contributed by atoms with Crippen LogP contribution in [0.4, 0.5) is 5.69 Å². The molecule has 204 valence electrons. The summed E-state index contributed by atoms with van der Waals surface area (Å²) in [6, 6.07) is 5.23. The van der Waals surface area contributed by atoms with Gasteiger partial charge in [0.1, 0.15) is 6.04 Å². The Balaban J connectivity index is 1.47. The highest BCUT2D eigenvalue weighted by Gasteiger charge is 2.44. The van der Waals surface area contributed by atoms with Gasteiger partial charge in [-0.05, 0) is 68.8 Å². The molecule has 1 aromatic carbocycles. The van der Waals surface area contributed by atoms with Gasteiger partial charge in [0.2, 0.25) is 21.8 Å². The Kier molecular flexibility index (Phi) is 8.52. The highest BCUT2D eigenvalue weighted by molar-refractivity contribution is 7.88. The zero-order valence-electron chi connectivity index (χ0n) is 21.2. The van der Waals surface area contributed by atoms with E-state index in [1.54, 1.807) is 17.0 Å². The van der Waals surface area contributed by atoms with Gasteiger partial charge in [0.15, 0.2) is 0 Å². The van der Waals surface area contributed by atoms with Crippen LogP contribution < -0.4 is 11.1 Å². The zero-order chi connectivity index (χ0) is 26.7. The molecule has 2 aliphatic heterocycles. The molecular formula is C25H37N5O6S. The molecular weight excluding hydrogens is 498 g/mol. The fourth-order valence-corrected chi connectivity index (χ4v) is 6.60. The second kappa shape index (κ2) is 11.5. The molecule has 12 heteroatoms. The van der Waals surface area contributed by atoms with E-state index in [1.807, 2.05) is 0 Å². The first kappa shape index (κ1) is 27.5. The van der Waals surface area contributed by atoms with Crippen molar-refractivity contribution in [2.24, 2.45) is 17.6 Å². The molecule has 0 aromatic heterocycles. The van der Waals surface area contributed by atoms with Crippen molar-refractivity contribution in [2.75, 3.05) is 50.8 Å². The van der Waals surface area contributed by atoms with Crippen molar-refractivity contribution < 1.29 is 27.9 Å². The number of hydrogen-bond acceptors (Lipinski definition) is 7. The summed E-state index contributed by atoms with van der Waals surface area (Å²) in [7, 11) is -3.25. The van der Waals surface area contributed by atoms with Crippen LogP contribution in [0.1, 0.15) is 42.5 Å². The first-order valence-electron chi connectivity index (χ1n) is 12.9. The van der Waals surface area contributed by atoms with E-state index >= 15 is 0 Å². The van der Waals surface area contributed by atoms with Crippen LogP contribution in [0.25, 0.3) is 0 Å². The third-order valence-electron chi connectivity index (χ3n) is 8.05. The number of carboxylic acids is 1. The first-order valence-corrected chi connectivity index (χ1v) is 14.8. The number of likely N-dealkylation sites (tertiary alicyclic amines) is 1. The number of benzene rings is 1. The Morgan fingerprint density at radius 1 is 1.03 bits per heavy atom. The number of nitrogens with two attached hydrogens (primary N) is 1.